The molecule has 1 rings (SSSR count). The van der Waals surface area contributed by atoms with E-state index in [1.807, 2.05) is 0 Å². The molecule has 1 heterocycles. The molecule has 0 radical (unpaired) electrons. The second-order valence-corrected chi connectivity index (χ2v) is 4.27. The maximum atomic E-state index is 11.9. The normalized spacial score (nSPS) is 18.2. The minimum absolute atomic E-state index is 0. The lowest BCUT2D eigenvalue weighted by Crippen LogP contribution is -2.31. The number of nitrogens with zero attached hydrogens (tertiary/aromatic N) is 1. The highest BCUT2D eigenvalue weighted by Crippen LogP contribution is 2.15. The summed E-state index contributed by atoms with van der Waals surface area (Å²) in [6.45, 7) is 10.7. The summed E-state index contributed by atoms with van der Waals surface area (Å²) in [6.07, 6.45) is 6.37. The van der Waals surface area contributed by atoms with E-state index in [1.54, 1.807) is 17.1 Å². The average Bonchev–Trinajstić information content (AvgIpc) is 2.78. The molecule has 0 aromatic carbocycles. The van der Waals surface area contributed by atoms with Gasteiger partial charge in [-0.1, -0.05) is 12.2 Å². The highest BCUT2D eigenvalue weighted by Gasteiger charge is 2.17. The zero-order chi connectivity index (χ0) is 11.8. The van der Waals surface area contributed by atoms with Crippen molar-refractivity contribution in [3.8, 4) is 0 Å². The average molecular weight is 259 g/mol. The molecule has 0 aliphatic carbocycles. The van der Waals surface area contributed by atoms with Crippen LogP contribution < -0.4 is 5.32 Å². The third-order valence-corrected chi connectivity index (χ3v) is 2.98. The molecule has 1 unspecified atom stereocenters. The van der Waals surface area contributed by atoms with E-state index in [1.165, 1.54) is 6.42 Å². The molecule has 1 saturated heterocycles. The van der Waals surface area contributed by atoms with E-state index in [9.17, 15) is 4.79 Å². The molecule has 1 fully saturated rings. The van der Waals surface area contributed by atoms with Crippen molar-refractivity contribution >= 4 is 18.3 Å². The summed E-state index contributed by atoms with van der Waals surface area (Å²) in [4.78, 5) is 13.7. The van der Waals surface area contributed by atoms with Gasteiger partial charge in [0.25, 0.3) is 0 Å². The van der Waals surface area contributed by atoms with E-state index in [0.29, 0.717) is 25.4 Å². The molecule has 0 aromatic heterocycles. The van der Waals surface area contributed by atoms with Crippen LogP contribution in [0, 0.1) is 5.92 Å². The van der Waals surface area contributed by atoms with Gasteiger partial charge in [0.15, 0.2) is 0 Å². The van der Waals surface area contributed by atoms with Gasteiger partial charge in [0, 0.05) is 19.5 Å². The number of carbonyl (C=O) groups excluding carboxylic acids is 1. The van der Waals surface area contributed by atoms with Crippen LogP contribution in [0.2, 0.25) is 0 Å². The van der Waals surface area contributed by atoms with Gasteiger partial charge in [-0.3, -0.25) is 4.79 Å². The summed E-state index contributed by atoms with van der Waals surface area (Å²) in [7, 11) is 0. The Kier molecular flexibility index (Phi) is 8.82. The lowest BCUT2D eigenvalue weighted by atomic mass is 10.0. The molecule has 3 nitrogen and oxygen atoms in total. The van der Waals surface area contributed by atoms with Gasteiger partial charge in [0.2, 0.25) is 5.91 Å². The van der Waals surface area contributed by atoms with E-state index >= 15 is 0 Å². The second-order valence-electron chi connectivity index (χ2n) is 4.27. The topological polar surface area (TPSA) is 32.3 Å². The number of hydrogen-bond acceptors (Lipinski definition) is 2. The molecule has 98 valence electrons. The van der Waals surface area contributed by atoms with Gasteiger partial charge >= 0.3 is 0 Å². The monoisotopic (exact) mass is 258 g/mol. The van der Waals surface area contributed by atoms with Crippen LogP contribution in [-0.2, 0) is 4.79 Å². The van der Waals surface area contributed by atoms with Crippen molar-refractivity contribution in [1.29, 1.82) is 0 Å². The van der Waals surface area contributed by atoms with Crippen LogP contribution in [0.25, 0.3) is 0 Å². The zero-order valence-electron chi connectivity index (χ0n) is 10.4. The van der Waals surface area contributed by atoms with Crippen molar-refractivity contribution in [1.82, 2.24) is 10.2 Å². The molecule has 0 aromatic rings. The number of amides is 1. The van der Waals surface area contributed by atoms with Crippen LogP contribution in [0.3, 0.4) is 0 Å². The molecule has 1 amide bonds. The Balaban J connectivity index is 0.00000256. The third-order valence-electron chi connectivity index (χ3n) is 2.98. The third kappa shape index (κ3) is 5.89. The molecule has 0 bridgehead atoms. The first-order valence-electron chi connectivity index (χ1n) is 5.98. The summed E-state index contributed by atoms with van der Waals surface area (Å²) in [5.41, 5.74) is 0. The van der Waals surface area contributed by atoms with Gasteiger partial charge in [-0.25, -0.2) is 0 Å². The van der Waals surface area contributed by atoms with Gasteiger partial charge in [-0.2, -0.15) is 0 Å². The largest absolute Gasteiger partial charge is 0.335 e. The van der Waals surface area contributed by atoms with E-state index in [-0.39, 0.29) is 18.3 Å². The van der Waals surface area contributed by atoms with Crippen molar-refractivity contribution in [2.75, 3.05) is 26.2 Å². The fraction of sp³-hybridized carbons (Fsp3) is 0.615. The predicted octanol–water partition coefficient (Wildman–Crippen LogP) is 2.00. The molecule has 1 N–H and O–H groups in total. The molecule has 1 aliphatic rings. The van der Waals surface area contributed by atoms with Gasteiger partial charge in [-0.05, 0) is 31.8 Å². The number of carbonyl (C=O) groups is 1. The fourth-order valence-electron chi connectivity index (χ4n) is 2.04. The quantitative estimate of drug-likeness (QED) is 0.709. The summed E-state index contributed by atoms with van der Waals surface area (Å²) < 4.78 is 0. The van der Waals surface area contributed by atoms with Crippen molar-refractivity contribution in [3.05, 3.63) is 25.3 Å². The number of nitrogens with one attached hydrogen (secondary N) is 1. The number of hydrogen-bond donors (Lipinski definition) is 1. The summed E-state index contributed by atoms with van der Waals surface area (Å²) >= 11 is 0. The van der Waals surface area contributed by atoms with Gasteiger partial charge in [0.1, 0.15) is 0 Å². The molecule has 0 spiro atoms. The van der Waals surface area contributed by atoms with Crippen LogP contribution in [-0.4, -0.2) is 37.0 Å². The van der Waals surface area contributed by atoms with Crippen LogP contribution in [0.5, 0.6) is 0 Å². The smallest absolute Gasteiger partial charge is 0.223 e. The van der Waals surface area contributed by atoms with Crippen LogP contribution in [0.4, 0.5) is 0 Å². The van der Waals surface area contributed by atoms with E-state index < -0.39 is 0 Å². The lowest BCUT2D eigenvalue weighted by molar-refractivity contribution is -0.130. The molecule has 17 heavy (non-hydrogen) atoms. The fourth-order valence-corrected chi connectivity index (χ4v) is 2.04. The standard InChI is InChI=1S/C13H22N2O.ClH/c1-3-9-15(10-4-2)13(16)6-5-12-7-8-14-11-12;/h3-4,12,14H,1-2,5-11H2;1H. The Bertz CT molecular complexity index is 240. The molecule has 1 aliphatic heterocycles. The number of rotatable bonds is 7. The summed E-state index contributed by atoms with van der Waals surface area (Å²) in [5.74, 6) is 0.893. The Morgan fingerprint density at radius 2 is 2.00 bits per heavy atom. The first kappa shape index (κ1) is 16.2. The van der Waals surface area contributed by atoms with Crippen LogP contribution in [0.1, 0.15) is 19.3 Å². The van der Waals surface area contributed by atoms with Gasteiger partial charge in [-0.15, -0.1) is 25.6 Å². The Labute approximate surface area is 110 Å². The molecular formula is C13H23ClN2O. The molecule has 4 heteroatoms. The van der Waals surface area contributed by atoms with Crippen molar-refractivity contribution < 1.29 is 4.79 Å². The molecule has 0 saturated carbocycles. The maximum absolute atomic E-state index is 11.9. The predicted molar refractivity (Wildman–Crippen MR) is 74.4 cm³/mol. The number of halogens is 1. The van der Waals surface area contributed by atoms with Crippen LogP contribution >= 0.6 is 12.4 Å². The van der Waals surface area contributed by atoms with Crippen LogP contribution in [0.15, 0.2) is 25.3 Å². The van der Waals surface area contributed by atoms with Crippen molar-refractivity contribution in [2.24, 2.45) is 5.92 Å². The zero-order valence-corrected chi connectivity index (χ0v) is 11.2. The van der Waals surface area contributed by atoms with Gasteiger partial charge in [0.05, 0.1) is 0 Å². The molecule has 1 atom stereocenters. The Morgan fingerprint density at radius 3 is 2.47 bits per heavy atom. The first-order chi connectivity index (χ1) is 7.77. The van der Waals surface area contributed by atoms with E-state index in [4.69, 9.17) is 0 Å². The lowest BCUT2D eigenvalue weighted by Gasteiger charge is -2.20. The van der Waals surface area contributed by atoms with E-state index in [2.05, 4.69) is 18.5 Å². The highest BCUT2D eigenvalue weighted by atomic mass is 35.5. The highest BCUT2D eigenvalue weighted by molar-refractivity contribution is 5.85. The Morgan fingerprint density at radius 1 is 1.35 bits per heavy atom. The Hall–Kier alpha value is -0.800. The SMILES string of the molecule is C=CCN(CC=C)C(=O)CCC1CCNC1.Cl. The van der Waals surface area contributed by atoms with Gasteiger partial charge < -0.3 is 10.2 Å². The minimum atomic E-state index is 0. The minimum Gasteiger partial charge on any atom is -0.335 e. The molecular weight excluding hydrogens is 236 g/mol. The van der Waals surface area contributed by atoms with Crippen molar-refractivity contribution in [2.45, 2.75) is 19.3 Å². The van der Waals surface area contributed by atoms with E-state index in [0.717, 1.165) is 19.5 Å². The summed E-state index contributed by atoms with van der Waals surface area (Å²) in [5, 5.41) is 3.32. The van der Waals surface area contributed by atoms with Crippen molar-refractivity contribution in [3.63, 3.8) is 0 Å². The summed E-state index contributed by atoms with van der Waals surface area (Å²) in [6, 6.07) is 0. The second kappa shape index (κ2) is 9.25. The maximum Gasteiger partial charge on any atom is 0.223 e. The first-order valence-corrected chi connectivity index (χ1v) is 5.98.